The van der Waals surface area contributed by atoms with Gasteiger partial charge in [-0.25, -0.2) is 9.78 Å². The molecule has 0 unspecified atom stereocenters. The summed E-state index contributed by atoms with van der Waals surface area (Å²) in [6, 6.07) is 23.2. The maximum atomic E-state index is 13.3. The van der Waals surface area contributed by atoms with Gasteiger partial charge in [0.25, 0.3) is 5.91 Å². The van der Waals surface area contributed by atoms with E-state index in [4.69, 9.17) is 4.74 Å². The van der Waals surface area contributed by atoms with Crippen molar-refractivity contribution < 1.29 is 14.3 Å². The summed E-state index contributed by atoms with van der Waals surface area (Å²) in [6.45, 7) is 8.50. The summed E-state index contributed by atoms with van der Waals surface area (Å²) in [5.74, 6) is -0.609. The van der Waals surface area contributed by atoms with Crippen molar-refractivity contribution in [1.82, 2.24) is 4.98 Å². The fourth-order valence-corrected chi connectivity index (χ4v) is 4.56. The maximum Gasteiger partial charge on any atom is 0.338 e. The van der Waals surface area contributed by atoms with E-state index in [0.29, 0.717) is 22.9 Å². The Morgan fingerprint density at radius 3 is 2.29 bits per heavy atom. The van der Waals surface area contributed by atoms with Gasteiger partial charge in [-0.1, -0.05) is 81.4 Å². The van der Waals surface area contributed by atoms with E-state index in [0.717, 1.165) is 27.9 Å². The normalized spacial score (nSPS) is 11.2. The molecule has 0 spiro atoms. The van der Waals surface area contributed by atoms with Crippen molar-refractivity contribution in [3.63, 3.8) is 0 Å². The van der Waals surface area contributed by atoms with Crippen LogP contribution in [0.25, 0.3) is 22.4 Å². The highest BCUT2D eigenvalue weighted by Crippen LogP contribution is 2.38. The topological polar surface area (TPSA) is 68.3 Å². The number of nitrogens with zero attached hydrogens (tertiary/aromatic N) is 1. The number of nitrogens with one attached hydrogen (secondary N) is 1. The lowest BCUT2D eigenvalue weighted by Crippen LogP contribution is -2.19. The zero-order valence-corrected chi connectivity index (χ0v) is 21.1. The lowest BCUT2D eigenvalue weighted by Gasteiger charge is -2.25. The number of anilines is 1. The van der Waals surface area contributed by atoms with Gasteiger partial charge >= 0.3 is 5.97 Å². The number of benzene rings is 3. The zero-order chi connectivity index (χ0) is 25.0. The van der Waals surface area contributed by atoms with Crippen LogP contribution in [0.15, 0.2) is 78.2 Å². The fraction of sp³-hybridized carbons (Fsp3) is 0.207. The van der Waals surface area contributed by atoms with E-state index in [1.54, 1.807) is 19.1 Å². The van der Waals surface area contributed by atoms with Crippen LogP contribution in [0.4, 0.5) is 5.69 Å². The molecule has 4 aromatic rings. The summed E-state index contributed by atoms with van der Waals surface area (Å²) in [6.07, 6.45) is 0. The molecule has 1 N–H and O–H groups in total. The zero-order valence-electron chi connectivity index (χ0n) is 20.3. The minimum absolute atomic E-state index is 0.165. The predicted octanol–water partition coefficient (Wildman–Crippen LogP) is 7.20. The molecule has 1 heterocycles. The quantitative estimate of drug-likeness (QED) is 0.294. The summed E-state index contributed by atoms with van der Waals surface area (Å²) < 4.78 is 5.04. The number of aromatic nitrogens is 1. The maximum absolute atomic E-state index is 13.3. The standard InChI is InChI=1S/C29H28N2O3S/c1-5-34-28(33)21-16-14-20(15-17-21)24-18-35-27(30-24)26(32)31-25-22(19-10-7-6-8-11-19)12-9-13-23(25)29(2,3)4/h6-18H,5H2,1-4H3,(H,31,32). The third kappa shape index (κ3) is 5.49. The van der Waals surface area contributed by atoms with Gasteiger partial charge in [-0.05, 0) is 35.6 Å². The molecular weight excluding hydrogens is 456 g/mol. The lowest BCUT2D eigenvalue weighted by atomic mass is 9.83. The first kappa shape index (κ1) is 24.4. The number of hydrogen-bond acceptors (Lipinski definition) is 5. The van der Waals surface area contributed by atoms with Crippen molar-refractivity contribution in [3.05, 3.63) is 94.3 Å². The van der Waals surface area contributed by atoms with Crippen molar-refractivity contribution in [1.29, 1.82) is 0 Å². The fourth-order valence-electron chi connectivity index (χ4n) is 3.84. The number of esters is 1. The van der Waals surface area contributed by atoms with Gasteiger partial charge in [0.2, 0.25) is 0 Å². The van der Waals surface area contributed by atoms with Crippen LogP contribution < -0.4 is 5.32 Å². The minimum atomic E-state index is -0.357. The number of hydrogen-bond donors (Lipinski definition) is 1. The van der Waals surface area contributed by atoms with Crippen LogP contribution in [0.2, 0.25) is 0 Å². The van der Waals surface area contributed by atoms with Gasteiger partial charge in [-0.2, -0.15) is 0 Å². The van der Waals surface area contributed by atoms with Gasteiger partial charge in [0, 0.05) is 16.5 Å². The molecule has 0 saturated carbocycles. The van der Waals surface area contributed by atoms with E-state index >= 15 is 0 Å². The van der Waals surface area contributed by atoms with E-state index in [9.17, 15) is 9.59 Å². The highest BCUT2D eigenvalue weighted by molar-refractivity contribution is 7.12. The van der Waals surface area contributed by atoms with Crippen molar-refractivity contribution in [3.8, 4) is 22.4 Å². The lowest BCUT2D eigenvalue weighted by molar-refractivity contribution is 0.0526. The Labute approximate surface area is 209 Å². The summed E-state index contributed by atoms with van der Waals surface area (Å²) >= 11 is 1.29. The summed E-state index contributed by atoms with van der Waals surface area (Å²) in [5, 5.41) is 5.37. The molecule has 4 rings (SSSR count). The van der Waals surface area contributed by atoms with Gasteiger partial charge in [-0.15, -0.1) is 11.3 Å². The Kier molecular flexibility index (Phi) is 7.12. The highest BCUT2D eigenvalue weighted by atomic mass is 32.1. The summed E-state index contributed by atoms with van der Waals surface area (Å²) in [7, 11) is 0. The number of para-hydroxylation sites is 1. The molecule has 0 aliphatic rings. The Bertz CT molecular complexity index is 1340. The number of rotatable bonds is 6. The molecule has 3 aromatic carbocycles. The molecule has 0 atom stereocenters. The van der Waals surface area contributed by atoms with Crippen molar-refractivity contribution in [2.45, 2.75) is 33.1 Å². The third-order valence-corrected chi connectivity index (χ3v) is 6.43. The van der Waals surface area contributed by atoms with Gasteiger partial charge in [0.15, 0.2) is 5.01 Å². The molecule has 0 saturated heterocycles. The van der Waals surface area contributed by atoms with Crippen LogP contribution in [0.1, 0.15) is 53.4 Å². The first-order chi connectivity index (χ1) is 16.8. The molecule has 178 valence electrons. The molecule has 1 amide bonds. The first-order valence-corrected chi connectivity index (χ1v) is 12.4. The third-order valence-electron chi connectivity index (χ3n) is 5.59. The molecular formula is C29H28N2O3S. The molecule has 0 aliphatic heterocycles. The largest absolute Gasteiger partial charge is 0.462 e. The molecule has 0 radical (unpaired) electrons. The molecule has 1 aromatic heterocycles. The smallest absolute Gasteiger partial charge is 0.338 e. The Hall–Kier alpha value is -3.77. The number of carbonyl (C=O) groups is 2. The number of amides is 1. The van der Waals surface area contributed by atoms with Crippen LogP contribution in [-0.2, 0) is 10.2 Å². The average Bonchev–Trinajstić information content (AvgIpc) is 3.35. The Balaban J connectivity index is 1.62. The predicted molar refractivity (Wildman–Crippen MR) is 142 cm³/mol. The SMILES string of the molecule is CCOC(=O)c1ccc(-c2csc(C(=O)Nc3c(-c4ccccc4)cccc3C(C)(C)C)n2)cc1. The second-order valence-corrected chi connectivity index (χ2v) is 9.99. The van der Waals surface area contributed by atoms with Gasteiger partial charge in [0.05, 0.1) is 23.6 Å². The summed E-state index contributed by atoms with van der Waals surface area (Å²) in [4.78, 5) is 29.8. The van der Waals surface area contributed by atoms with Crippen LogP contribution >= 0.6 is 11.3 Å². The number of thiazole rings is 1. The second-order valence-electron chi connectivity index (χ2n) is 9.13. The van der Waals surface area contributed by atoms with E-state index in [2.05, 4.69) is 37.1 Å². The van der Waals surface area contributed by atoms with Gasteiger partial charge in [-0.3, -0.25) is 4.79 Å². The average molecular weight is 485 g/mol. The van der Waals surface area contributed by atoms with E-state index in [-0.39, 0.29) is 17.3 Å². The van der Waals surface area contributed by atoms with Gasteiger partial charge in [0.1, 0.15) is 0 Å². The Morgan fingerprint density at radius 1 is 0.914 bits per heavy atom. The number of ether oxygens (including phenoxy) is 1. The molecule has 0 fully saturated rings. The first-order valence-electron chi connectivity index (χ1n) is 11.5. The van der Waals surface area contributed by atoms with Gasteiger partial charge < -0.3 is 10.1 Å². The molecule has 0 bridgehead atoms. The summed E-state index contributed by atoms with van der Waals surface area (Å²) in [5.41, 5.74) is 5.69. The monoisotopic (exact) mass is 484 g/mol. The van der Waals surface area contributed by atoms with E-state index < -0.39 is 0 Å². The minimum Gasteiger partial charge on any atom is -0.462 e. The second kappa shape index (κ2) is 10.2. The highest BCUT2D eigenvalue weighted by Gasteiger charge is 2.23. The van der Waals surface area contributed by atoms with E-state index in [1.807, 2.05) is 60.0 Å². The van der Waals surface area contributed by atoms with Crippen molar-refractivity contribution in [2.24, 2.45) is 0 Å². The number of carbonyl (C=O) groups excluding carboxylic acids is 2. The molecule has 6 heteroatoms. The van der Waals surface area contributed by atoms with Crippen molar-refractivity contribution in [2.75, 3.05) is 11.9 Å². The molecule has 0 aliphatic carbocycles. The van der Waals surface area contributed by atoms with Crippen LogP contribution in [-0.4, -0.2) is 23.5 Å². The van der Waals surface area contributed by atoms with Crippen LogP contribution in [0.3, 0.4) is 0 Å². The van der Waals surface area contributed by atoms with Crippen molar-refractivity contribution >= 4 is 28.9 Å². The Morgan fingerprint density at radius 2 is 1.63 bits per heavy atom. The van der Waals surface area contributed by atoms with Crippen LogP contribution in [0.5, 0.6) is 0 Å². The van der Waals surface area contributed by atoms with Crippen LogP contribution in [0, 0.1) is 0 Å². The molecule has 5 nitrogen and oxygen atoms in total. The molecule has 35 heavy (non-hydrogen) atoms. The van der Waals surface area contributed by atoms with E-state index in [1.165, 1.54) is 11.3 Å².